The zero-order chi connectivity index (χ0) is 58.1. The molecule has 0 aliphatic carbocycles. The monoisotopic (exact) mass is 1410 g/mol. The lowest BCUT2D eigenvalue weighted by Crippen LogP contribution is -2.41. The molecule has 14 nitrogen and oxygen atoms in total. The molecule has 5 rings (SSSR count). The molecular weight excluding hydrogens is 1350 g/mol. The number of ether oxygens (including phenoxy) is 1. The van der Waals surface area contributed by atoms with Crippen molar-refractivity contribution in [2.45, 2.75) is 114 Å². The molecule has 4 aromatic heterocycles. The number of halogens is 12. The highest BCUT2D eigenvalue weighted by Crippen LogP contribution is 2.34. The average molecular weight is 1410 g/mol. The van der Waals surface area contributed by atoms with Crippen molar-refractivity contribution in [1.82, 2.24) is 24.7 Å². The zero-order valence-corrected chi connectivity index (χ0v) is 52.4. The highest BCUT2D eigenvalue weighted by Gasteiger charge is 2.43. The molecule has 1 aliphatic heterocycles. The van der Waals surface area contributed by atoms with Crippen molar-refractivity contribution in [2.75, 3.05) is 32.1 Å². The molecule has 5 unspecified atom stereocenters. The van der Waals surface area contributed by atoms with Gasteiger partial charge in [-0.3, -0.25) is 9.93 Å². The summed E-state index contributed by atoms with van der Waals surface area (Å²) in [5.74, 6) is 1.11. The van der Waals surface area contributed by atoms with E-state index < -0.39 is 62.1 Å². The number of aliphatic hydroxyl groups is 1. The topological polar surface area (TPSA) is 226 Å². The molecule has 422 valence electrons. The molecule has 0 saturated carbocycles. The van der Waals surface area contributed by atoms with Crippen LogP contribution in [0.1, 0.15) is 114 Å². The maximum Gasteiger partial charge on any atom is 0.408 e. The predicted octanol–water partition coefficient (Wildman–Crippen LogP) is 12.6. The number of hydrogen-bond acceptors (Lipinski definition) is 11. The van der Waals surface area contributed by atoms with E-state index in [1.165, 1.54) is 43.3 Å². The Morgan fingerprint density at radius 3 is 1.30 bits per heavy atom. The second-order valence-corrected chi connectivity index (χ2v) is 26.7. The molecule has 0 bridgehead atoms. The van der Waals surface area contributed by atoms with Crippen molar-refractivity contribution in [1.29, 1.82) is 0 Å². The van der Waals surface area contributed by atoms with Crippen LogP contribution in [0.15, 0.2) is 96.1 Å². The first kappa shape index (κ1) is 76.5. The van der Waals surface area contributed by atoms with Crippen LogP contribution in [0.2, 0.25) is 0 Å². The summed E-state index contributed by atoms with van der Waals surface area (Å²) < 4.78 is 121. The number of aliphatic hydroxyl groups excluding tert-OH is 1. The Kier molecular flexibility index (Phi) is 40.9. The molecule has 0 spiro atoms. The Morgan fingerprint density at radius 1 is 0.662 bits per heavy atom. The van der Waals surface area contributed by atoms with Crippen LogP contribution < -0.4 is 15.6 Å². The molecule has 0 amide bonds. The van der Waals surface area contributed by atoms with Gasteiger partial charge in [0.25, 0.3) is 0 Å². The summed E-state index contributed by atoms with van der Waals surface area (Å²) >= 11 is 22.6. The minimum atomic E-state index is -4.55. The Balaban J connectivity index is -0.000000831. The number of carbonyl (C=O) groups is 1. The van der Waals surface area contributed by atoms with E-state index in [1.54, 1.807) is 45.3 Å². The molecule has 0 radical (unpaired) electrons. The van der Waals surface area contributed by atoms with Gasteiger partial charge in [-0.1, -0.05) is 12.1 Å². The first-order valence-corrected chi connectivity index (χ1v) is 29.0. The van der Waals surface area contributed by atoms with E-state index >= 15 is 0 Å². The quantitative estimate of drug-likeness (QED) is 0.0427. The van der Waals surface area contributed by atoms with Crippen molar-refractivity contribution >= 4 is 132 Å². The van der Waals surface area contributed by atoms with Crippen LogP contribution in [0, 0.1) is 0 Å². The number of alkyl halides is 8. The molecule has 1 fully saturated rings. The van der Waals surface area contributed by atoms with Crippen LogP contribution in [0.3, 0.4) is 0 Å². The molecule has 5 atom stereocenters. The van der Waals surface area contributed by atoms with E-state index in [9.17, 15) is 43.8 Å². The van der Waals surface area contributed by atoms with E-state index in [0.717, 1.165) is 53.8 Å². The summed E-state index contributed by atoms with van der Waals surface area (Å²) in [7, 11) is -3.23. The number of rotatable bonds is 8. The number of nitrogens with one attached hydrogen (secondary N) is 1. The molecule has 74 heavy (non-hydrogen) atoms. The van der Waals surface area contributed by atoms with Gasteiger partial charge in [-0.05, 0) is 186 Å². The predicted molar refractivity (Wildman–Crippen MR) is 303 cm³/mol. The maximum atomic E-state index is 13.0. The number of nitrogens with zero attached hydrogens (tertiary/aromatic N) is 5. The highest BCUT2D eigenvalue weighted by atomic mass is 79.9. The van der Waals surface area contributed by atoms with Crippen molar-refractivity contribution in [3.05, 3.63) is 114 Å². The van der Waals surface area contributed by atoms with Crippen LogP contribution in [0.25, 0.3) is 0 Å². The van der Waals surface area contributed by atoms with E-state index in [4.69, 9.17) is 43.9 Å². The number of pyridine rings is 4. The van der Waals surface area contributed by atoms with Gasteiger partial charge in [0.2, 0.25) is 0 Å². The van der Waals surface area contributed by atoms with Crippen LogP contribution in [-0.2, 0) is 37.7 Å². The van der Waals surface area contributed by atoms with Crippen molar-refractivity contribution in [3.8, 4) is 0 Å². The van der Waals surface area contributed by atoms with Crippen LogP contribution in [-0.4, -0.2) is 109 Å². The lowest BCUT2D eigenvalue weighted by atomic mass is 10.1. The third kappa shape index (κ3) is 38.8. The Labute approximate surface area is 481 Å². The molecule has 1 aliphatic rings. The summed E-state index contributed by atoms with van der Waals surface area (Å²) in [4.78, 5) is 25.4. The van der Waals surface area contributed by atoms with Crippen molar-refractivity contribution < 1.29 is 53.6 Å². The second kappa shape index (κ2) is 39.6. The van der Waals surface area contributed by atoms with E-state index in [1.807, 2.05) is 53.7 Å². The standard InChI is InChI=1S/C11H14BrF3N2OS.C10H13BrN2OS.C7H6BrF3N2.C6H4BrNO.C4H11NOS.C4H8O.C2H4Cl2.CH4O/c1-10(2,3)19(18)17-9(11(13,14)15)7-4-5-8(12)16-6-7;1-10(2,3)15(14)13-7-8-4-5-9(11)12-6-8;8-5-2-1-4(3-13-5)6(12)7(9,10)11;7-6-2-1-5(4-9)3-8-6;1-4(2,3)7(5)6;1-2-4-5-3-1;3-1-2-4;1-2/h4-6,9,17H,1-3H3;4-7H,1-3H3;1-3,6H,12H2;1-4H;5H2,1-3H3;1-4H2;1-2H2;2H,1H3. The molecular formula is C45H64Br4Cl2F6N8O6S3. The molecule has 0 aromatic carbocycles. The number of aldehydes is 1. The fourth-order valence-electron chi connectivity index (χ4n) is 3.62. The number of hydrogen-bond donors (Lipinski definition) is 4. The molecule has 1 saturated heterocycles. The van der Waals surface area contributed by atoms with Crippen LogP contribution in [0.5, 0.6) is 0 Å². The van der Waals surface area contributed by atoms with Gasteiger partial charge in [-0.25, -0.2) is 37.3 Å². The molecule has 4 aromatic rings. The Hall–Kier alpha value is -1.73. The lowest BCUT2D eigenvalue weighted by Gasteiger charge is -2.26. The van der Waals surface area contributed by atoms with Gasteiger partial charge in [0, 0.05) is 74.2 Å². The smallest absolute Gasteiger partial charge is 0.400 e. The SMILES string of the molecule is C1CCOC1.CC(C)(C)S(=O)N=Cc1ccc(Br)nc1.CC(C)(C)S(=O)NC(c1ccc(Br)nc1)C(F)(F)F.CC(C)(C)S(N)=O.CO.ClCCCl.NC(c1ccc(Br)nc1)C(F)(F)F.O=Cc1ccc(Br)nc1. The normalized spacial score (nSPS) is 14.3. The number of aromatic nitrogens is 4. The third-order valence-corrected chi connectivity index (χ3v) is 14.2. The van der Waals surface area contributed by atoms with E-state index in [2.05, 4.69) is 92.8 Å². The van der Waals surface area contributed by atoms with Crippen molar-refractivity contribution in [2.24, 2.45) is 15.3 Å². The fraction of sp³-hybridized carbons (Fsp3) is 0.511. The molecule has 29 heteroatoms. The molecule has 6 N–H and O–H groups in total. The van der Waals surface area contributed by atoms with Crippen molar-refractivity contribution in [3.63, 3.8) is 0 Å². The van der Waals surface area contributed by atoms with Gasteiger partial charge in [0.15, 0.2) is 6.29 Å². The minimum Gasteiger partial charge on any atom is -0.400 e. The van der Waals surface area contributed by atoms with Gasteiger partial charge < -0.3 is 15.6 Å². The van der Waals surface area contributed by atoms with E-state index in [0.29, 0.717) is 26.5 Å². The summed E-state index contributed by atoms with van der Waals surface area (Å²) in [6.07, 6.45) is 1.33. The van der Waals surface area contributed by atoms with Crippen LogP contribution >= 0.6 is 86.9 Å². The van der Waals surface area contributed by atoms with Gasteiger partial charge in [0.05, 0.1) is 36.2 Å². The van der Waals surface area contributed by atoms with Gasteiger partial charge in [-0.15, -0.1) is 23.2 Å². The summed E-state index contributed by atoms with van der Waals surface area (Å²) in [5.41, 5.74) is 6.26. The zero-order valence-electron chi connectivity index (χ0n) is 42.1. The maximum absolute atomic E-state index is 13.0. The summed E-state index contributed by atoms with van der Waals surface area (Å²) in [6, 6.07) is 8.55. The Morgan fingerprint density at radius 2 is 1.04 bits per heavy atom. The summed E-state index contributed by atoms with van der Waals surface area (Å²) in [6.45, 7) is 18.0. The largest absolute Gasteiger partial charge is 0.408 e. The first-order chi connectivity index (χ1) is 34.0. The van der Waals surface area contributed by atoms with Gasteiger partial charge in [-0.2, -0.15) is 30.7 Å². The fourth-order valence-corrected chi connectivity index (χ4v) is 5.93. The number of carbonyl (C=O) groups excluding carboxylic acids is 1. The van der Waals surface area contributed by atoms with Gasteiger partial charge in [0.1, 0.15) is 41.5 Å². The van der Waals surface area contributed by atoms with E-state index in [-0.39, 0.29) is 20.6 Å². The number of nitrogens with two attached hydrogens (primary N) is 2. The Bertz CT molecular complexity index is 2220. The highest BCUT2D eigenvalue weighted by molar-refractivity contribution is 9.11. The molecule has 5 heterocycles. The third-order valence-electron chi connectivity index (χ3n) is 7.61. The van der Waals surface area contributed by atoms with Gasteiger partial charge >= 0.3 is 12.4 Å². The summed E-state index contributed by atoms with van der Waals surface area (Å²) in [5, 5.41) is 12.0. The van der Waals surface area contributed by atoms with Crippen LogP contribution in [0.4, 0.5) is 26.3 Å². The second-order valence-electron chi connectivity index (χ2n) is 17.0. The lowest BCUT2D eigenvalue weighted by molar-refractivity contribution is -0.153. The minimum absolute atomic E-state index is 0.0456. The first-order valence-electron chi connectivity index (χ1n) is 21.3. The average Bonchev–Trinajstić information content (AvgIpc) is 3.92.